The molecule has 0 bridgehead atoms. The van der Waals surface area contributed by atoms with Crippen LogP contribution in [0.1, 0.15) is 49.0 Å². The number of rotatable bonds is 8. The first-order chi connectivity index (χ1) is 19.1. The maximum atomic E-state index is 13.8. The van der Waals surface area contributed by atoms with Gasteiger partial charge >= 0.3 is 5.97 Å². The first kappa shape index (κ1) is 25.6. The number of benzene rings is 2. The average Bonchev–Trinajstić information content (AvgIpc) is 3.74. The van der Waals surface area contributed by atoms with Gasteiger partial charge in [0, 0.05) is 22.3 Å². The van der Waals surface area contributed by atoms with Crippen molar-refractivity contribution in [3.63, 3.8) is 0 Å². The number of aromatic nitrogens is 1. The molecule has 0 fully saturated rings. The van der Waals surface area contributed by atoms with Crippen molar-refractivity contribution in [3.8, 4) is 0 Å². The molecule has 0 spiro atoms. The van der Waals surface area contributed by atoms with E-state index in [1.807, 2.05) is 60.1 Å². The molecule has 1 amide bonds. The van der Waals surface area contributed by atoms with E-state index in [-0.39, 0.29) is 18.4 Å². The van der Waals surface area contributed by atoms with Gasteiger partial charge in [0.1, 0.15) is 11.0 Å². The highest BCUT2D eigenvalue weighted by Crippen LogP contribution is 2.33. The van der Waals surface area contributed by atoms with Crippen LogP contribution in [0, 0.1) is 6.92 Å². The number of carbonyl (C=O) groups excluding carboxylic acids is 2. The number of fused-ring (bicyclic) bond motifs is 3. The molecule has 6 rings (SSSR count). The normalized spacial score (nSPS) is 13.7. The van der Waals surface area contributed by atoms with E-state index in [4.69, 9.17) is 4.74 Å². The van der Waals surface area contributed by atoms with Crippen molar-refractivity contribution in [2.75, 3.05) is 11.4 Å². The first-order valence-corrected chi connectivity index (χ1v) is 15.1. The van der Waals surface area contributed by atoms with Crippen LogP contribution in [0.5, 0.6) is 0 Å². The summed E-state index contributed by atoms with van der Waals surface area (Å²) in [5.74, 6) is -0.446. The van der Waals surface area contributed by atoms with Crippen LogP contribution in [-0.2, 0) is 24.1 Å². The molecule has 2 aromatic carbocycles. The molecule has 7 heteroatoms. The van der Waals surface area contributed by atoms with Gasteiger partial charge < -0.3 is 14.2 Å². The summed E-state index contributed by atoms with van der Waals surface area (Å²) in [6.07, 6.45) is 3.86. The highest BCUT2D eigenvalue weighted by Gasteiger charge is 2.28. The largest absolute Gasteiger partial charge is 0.454 e. The van der Waals surface area contributed by atoms with E-state index in [2.05, 4.69) is 28.8 Å². The lowest BCUT2D eigenvalue weighted by Gasteiger charge is -2.29. The number of amides is 1. The number of carbonyl (C=O) groups is 2. The highest BCUT2D eigenvalue weighted by atomic mass is 32.1. The second-order valence-electron chi connectivity index (χ2n) is 9.99. The molecular formula is C32H30N2O3S2. The maximum absolute atomic E-state index is 13.8. The molecule has 1 aliphatic rings. The van der Waals surface area contributed by atoms with Crippen molar-refractivity contribution in [2.24, 2.45) is 0 Å². The van der Waals surface area contributed by atoms with E-state index in [1.165, 1.54) is 45.7 Å². The third kappa shape index (κ3) is 5.29. The van der Waals surface area contributed by atoms with Crippen LogP contribution < -0.4 is 4.90 Å². The molecule has 0 unspecified atom stereocenters. The summed E-state index contributed by atoms with van der Waals surface area (Å²) in [6, 6.07) is 23.8. The molecule has 0 saturated carbocycles. The Kier molecular flexibility index (Phi) is 7.35. The summed E-state index contributed by atoms with van der Waals surface area (Å²) in [7, 11) is 0. The van der Waals surface area contributed by atoms with Gasteiger partial charge in [-0.2, -0.15) is 0 Å². The third-order valence-electron chi connectivity index (χ3n) is 7.38. The zero-order valence-corrected chi connectivity index (χ0v) is 23.5. The fourth-order valence-corrected chi connectivity index (χ4v) is 6.78. The molecule has 39 heavy (non-hydrogen) atoms. The van der Waals surface area contributed by atoms with Gasteiger partial charge in [0.2, 0.25) is 0 Å². The summed E-state index contributed by atoms with van der Waals surface area (Å²) < 4.78 is 8.54. The zero-order valence-electron chi connectivity index (χ0n) is 21.8. The van der Waals surface area contributed by atoms with E-state index >= 15 is 0 Å². The quantitative estimate of drug-likeness (QED) is 0.186. The third-order valence-corrected chi connectivity index (χ3v) is 9.08. The minimum Gasteiger partial charge on any atom is -0.454 e. The molecule has 0 aliphatic heterocycles. The van der Waals surface area contributed by atoms with Crippen molar-refractivity contribution in [2.45, 2.75) is 45.3 Å². The number of anilines is 1. The SMILES string of the molecule is Cc1ccc(N(C[C@@H](Cn2c3c(c4ccccc42)CCCC3)OC(=O)c2cccs2)C(=O)c2cccs2)cc1. The number of nitrogens with zero attached hydrogens (tertiary/aromatic N) is 2. The number of para-hydroxylation sites is 1. The van der Waals surface area contributed by atoms with Crippen LogP contribution in [0.25, 0.3) is 10.9 Å². The van der Waals surface area contributed by atoms with Gasteiger partial charge in [-0.25, -0.2) is 4.79 Å². The average molecular weight is 555 g/mol. The number of aryl methyl sites for hydroxylation is 2. The molecule has 3 heterocycles. The van der Waals surface area contributed by atoms with Crippen LogP contribution >= 0.6 is 22.7 Å². The van der Waals surface area contributed by atoms with Crippen molar-refractivity contribution < 1.29 is 14.3 Å². The Hall–Kier alpha value is -3.68. The molecule has 0 radical (unpaired) electrons. The van der Waals surface area contributed by atoms with Gasteiger partial charge in [0.25, 0.3) is 5.91 Å². The molecule has 1 aliphatic carbocycles. The van der Waals surface area contributed by atoms with Crippen molar-refractivity contribution in [1.82, 2.24) is 4.57 Å². The van der Waals surface area contributed by atoms with Gasteiger partial charge in [-0.05, 0) is 79.3 Å². The standard InChI is InChI=1S/C32H30N2O3S2/c1-22-14-16-23(17-15-22)33(31(35)29-12-6-18-38-29)20-24(37-32(36)30-13-7-19-39-30)21-34-27-10-4-2-8-25(27)26-9-3-5-11-28(26)34/h2,4,6-8,10,12-19,24H,3,5,9,11,20-21H2,1H3/t24-/m0/s1. The van der Waals surface area contributed by atoms with Crippen LogP contribution in [-0.4, -0.2) is 29.1 Å². The Labute approximate surface area is 236 Å². The summed E-state index contributed by atoms with van der Waals surface area (Å²) in [4.78, 5) is 30.0. The lowest BCUT2D eigenvalue weighted by molar-refractivity contribution is 0.0281. The number of hydrogen-bond donors (Lipinski definition) is 0. The van der Waals surface area contributed by atoms with E-state index in [9.17, 15) is 9.59 Å². The minimum absolute atomic E-state index is 0.0922. The second-order valence-corrected chi connectivity index (χ2v) is 11.9. The monoisotopic (exact) mass is 554 g/mol. The molecule has 5 aromatic rings. The summed E-state index contributed by atoms with van der Waals surface area (Å²) in [6.45, 7) is 2.76. The Balaban J connectivity index is 1.40. The van der Waals surface area contributed by atoms with E-state index in [0.29, 0.717) is 16.3 Å². The Morgan fingerprint density at radius 2 is 1.62 bits per heavy atom. The van der Waals surface area contributed by atoms with Crippen molar-refractivity contribution >= 4 is 51.1 Å². The predicted molar refractivity (Wildman–Crippen MR) is 159 cm³/mol. The van der Waals surface area contributed by atoms with Crippen LogP contribution in [0.2, 0.25) is 0 Å². The van der Waals surface area contributed by atoms with Gasteiger partial charge in [0.05, 0.1) is 18.0 Å². The summed E-state index contributed by atoms with van der Waals surface area (Å²) in [5.41, 5.74) is 5.80. The molecular weight excluding hydrogens is 524 g/mol. The van der Waals surface area contributed by atoms with Crippen LogP contribution in [0.4, 0.5) is 5.69 Å². The van der Waals surface area contributed by atoms with Gasteiger partial charge in [-0.15, -0.1) is 22.7 Å². The smallest absolute Gasteiger partial charge is 0.348 e. The highest BCUT2D eigenvalue weighted by molar-refractivity contribution is 7.12. The number of hydrogen-bond acceptors (Lipinski definition) is 5. The Morgan fingerprint density at radius 1 is 0.897 bits per heavy atom. The van der Waals surface area contributed by atoms with E-state index in [1.54, 1.807) is 11.0 Å². The number of esters is 1. The summed E-state index contributed by atoms with van der Waals surface area (Å²) >= 11 is 2.79. The molecule has 0 saturated heterocycles. The lowest BCUT2D eigenvalue weighted by Crippen LogP contribution is -2.41. The first-order valence-electron chi connectivity index (χ1n) is 13.3. The number of ether oxygens (including phenoxy) is 1. The van der Waals surface area contributed by atoms with E-state index in [0.717, 1.165) is 36.0 Å². The van der Waals surface area contributed by atoms with Crippen LogP contribution in [0.3, 0.4) is 0 Å². The topological polar surface area (TPSA) is 51.5 Å². The molecule has 3 aromatic heterocycles. The van der Waals surface area contributed by atoms with E-state index < -0.39 is 6.10 Å². The Bertz CT molecular complexity index is 1580. The number of thiophene rings is 2. The van der Waals surface area contributed by atoms with Gasteiger partial charge in [-0.3, -0.25) is 4.79 Å². The zero-order chi connectivity index (χ0) is 26.8. The molecule has 1 atom stereocenters. The van der Waals surface area contributed by atoms with Crippen LogP contribution in [0.15, 0.2) is 83.6 Å². The predicted octanol–water partition coefficient (Wildman–Crippen LogP) is 7.52. The summed E-state index contributed by atoms with van der Waals surface area (Å²) in [5, 5.41) is 5.06. The van der Waals surface area contributed by atoms with Crippen molar-refractivity contribution in [3.05, 3.63) is 110 Å². The molecule has 5 nitrogen and oxygen atoms in total. The Morgan fingerprint density at radius 3 is 2.36 bits per heavy atom. The van der Waals surface area contributed by atoms with Gasteiger partial charge in [-0.1, -0.05) is 48.0 Å². The second kappa shape index (κ2) is 11.2. The lowest BCUT2D eigenvalue weighted by atomic mass is 9.95. The maximum Gasteiger partial charge on any atom is 0.348 e. The van der Waals surface area contributed by atoms with Crippen molar-refractivity contribution in [1.29, 1.82) is 0 Å². The molecule has 0 N–H and O–H groups in total. The van der Waals surface area contributed by atoms with Gasteiger partial charge in [0.15, 0.2) is 0 Å². The fraction of sp³-hybridized carbons (Fsp3) is 0.250. The fourth-order valence-electron chi connectivity index (χ4n) is 5.50. The minimum atomic E-state index is -0.549. The molecule has 198 valence electrons.